The normalized spacial score (nSPS) is 17.0. The van der Waals surface area contributed by atoms with Crippen LogP contribution in [0.5, 0.6) is 0 Å². The van der Waals surface area contributed by atoms with Crippen LogP contribution in [0.25, 0.3) is 21.9 Å². The van der Waals surface area contributed by atoms with Crippen LogP contribution in [-0.4, -0.2) is 0 Å². The summed E-state index contributed by atoms with van der Waals surface area (Å²) in [6.45, 7) is 8.26. The molecule has 1 unspecified atom stereocenters. The van der Waals surface area contributed by atoms with Gasteiger partial charge in [-0.3, -0.25) is 0 Å². The summed E-state index contributed by atoms with van der Waals surface area (Å²) in [6.07, 6.45) is 12.3. The fourth-order valence-electron chi connectivity index (χ4n) is 5.55. The Morgan fingerprint density at radius 2 is 1.45 bits per heavy atom. The molecule has 162 valence electrons. The van der Waals surface area contributed by atoms with Crippen molar-refractivity contribution in [2.24, 2.45) is 0 Å². The van der Waals surface area contributed by atoms with Gasteiger partial charge in [-0.05, 0) is 76.1 Å². The van der Waals surface area contributed by atoms with E-state index in [9.17, 15) is 0 Å². The minimum absolute atomic E-state index is 0.215. The number of benzene rings is 4. The second-order valence-electron chi connectivity index (χ2n) is 8.96. The number of rotatable bonds is 6. The van der Waals surface area contributed by atoms with E-state index in [1.54, 1.807) is 0 Å². The van der Waals surface area contributed by atoms with E-state index in [0.29, 0.717) is 0 Å². The largest absolute Gasteiger partial charge is 0.0991 e. The van der Waals surface area contributed by atoms with Crippen LogP contribution in [0.1, 0.15) is 41.2 Å². The molecule has 4 aromatic rings. The molecular formula is C33H30. The van der Waals surface area contributed by atoms with Crippen LogP contribution < -0.4 is 0 Å². The van der Waals surface area contributed by atoms with Crippen LogP contribution in [0.15, 0.2) is 116 Å². The van der Waals surface area contributed by atoms with Crippen molar-refractivity contribution in [1.29, 1.82) is 0 Å². The first-order valence-corrected chi connectivity index (χ1v) is 11.9. The molecule has 0 saturated carbocycles. The fourth-order valence-corrected chi connectivity index (χ4v) is 5.55. The second kappa shape index (κ2) is 8.71. The average molecular weight is 427 g/mol. The number of allylic oxidation sites excluding steroid dienone is 5. The first-order chi connectivity index (χ1) is 16.2. The van der Waals surface area contributed by atoms with Crippen molar-refractivity contribution in [3.63, 3.8) is 0 Å². The SMILES string of the molecule is C=C/C=C\C=C/CC1(c2ccccc2CC)c2ccc(C)cc2-c2cc3ccccc3cc21. The van der Waals surface area contributed by atoms with Crippen LogP contribution in [0.4, 0.5) is 0 Å². The zero-order valence-electron chi connectivity index (χ0n) is 19.5. The Kier molecular flexibility index (Phi) is 5.60. The van der Waals surface area contributed by atoms with E-state index in [1.807, 2.05) is 12.2 Å². The van der Waals surface area contributed by atoms with Gasteiger partial charge in [0.15, 0.2) is 0 Å². The molecule has 0 fully saturated rings. The number of aryl methyl sites for hydroxylation is 2. The summed E-state index contributed by atoms with van der Waals surface area (Å²) in [4.78, 5) is 0. The minimum atomic E-state index is -0.215. The quantitative estimate of drug-likeness (QED) is 0.270. The van der Waals surface area contributed by atoms with Gasteiger partial charge in [0, 0.05) is 0 Å². The molecule has 0 spiro atoms. The Morgan fingerprint density at radius 1 is 0.727 bits per heavy atom. The van der Waals surface area contributed by atoms with Crippen molar-refractivity contribution in [1.82, 2.24) is 0 Å². The van der Waals surface area contributed by atoms with Crippen LogP contribution in [0, 0.1) is 6.92 Å². The summed E-state index contributed by atoms with van der Waals surface area (Å²) in [5.74, 6) is 0. The lowest BCUT2D eigenvalue weighted by molar-refractivity contribution is 0.637. The molecule has 5 rings (SSSR count). The van der Waals surface area contributed by atoms with Gasteiger partial charge in [0.05, 0.1) is 5.41 Å². The molecule has 33 heavy (non-hydrogen) atoms. The first kappa shape index (κ1) is 21.2. The fraction of sp³-hybridized carbons (Fsp3) is 0.152. The highest BCUT2D eigenvalue weighted by atomic mass is 14.5. The summed E-state index contributed by atoms with van der Waals surface area (Å²) in [5, 5.41) is 2.60. The van der Waals surface area contributed by atoms with Crippen molar-refractivity contribution >= 4 is 10.8 Å². The van der Waals surface area contributed by atoms with Gasteiger partial charge in [0.2, 0.25) is 0 Å². The van der Waals surface area contributed by atoms with Crippen LogP contribution >= 0.6 is 0 Å². The van der Waals surface area contributed by atoms with Crippen molar-refractivity contribution in [3.05, 3.63) is 144 Å². The summed E-state index contributed by atoms with van der Waals surface area (Å²) in [5.41, 5.74) is 9.50. The second-order valence-corrected chi connectivity index (χ2v) is 8.96. The molecule has 0 N–H and O–H groups in total. The lowest BCUT2D eigenvalue weighted by atomic mass is 9.68. The van der Waals surface area contributed by atoms with Crippen molar-refractivity contribution in [2.75, 3.05) is 0 Å². The molecule has 0 aromatic heterocycles. The third kappa shape index (κ3) is 3.47. The molecule has 1 atom stereocenters. The predicted molar refractivity (Wildman–Crippen MR) is 143 cm³/mol. The highest BCUT2D eigenvalue weighted by molar-refractivity contribution is 5.95. The molecule has 1 aliphatic carbocycles. The van der Waals surface area contributed by atoms with E-state index >= 15 is 0 Å². The van der Waals surface area contributed by atoms with E-state index in [2.05, 4.69) is 118 Å². The topological polar surface area (TPSA) is 0 Å². The zero-order valence-corrected chi connectivity index (χ0v) is 19.5. The third-order valence-corrected chi connectivity index (χ3v) is 7.05. The number of fused-ring (bicyclic) bond motifs is 4. The third-order valence-electron chi connectivity index (χ3n) is 7.05. The summed E-state index contributed by atoms with van der Waals surface area (Å²) < 4.78 is 0. The summed E-state index contributed by atoms with van der Waals surface area (Å²) in [6, 6.07) is 29.6. The molecule has 0 bridgehead atoms. The molecular weight excluding hydrogens is 396 g/mol. The Hall–Kier alpha value is -3.64. The Bertz CT molecular complexity index is 1400. The van der Waals surface area contributed by atoms with Crippen LogP contribution in [0.3, 0.4) is 0 Å². The minimum Gasteiger partial charge on any atom is -0.0991 e. The number of hydrogen-bond acceptors (Lipinski definition) is 0. The average Bonchev–Trinajstić information content (AvgIpc) is 3.11. The molecule has 0 radical (unpaired) electrons. The van der Waals surface area contributed by atoms with Gasteiger partial charge in [-0.2, -0.15) is 0 Å². The van der Waals surface area contributed by atoms with Crippen LogP contribution in [-0.2, 0) is 11.8 Å². The Morgan fingerprint density at radius 3 is 2.24 bits per heavy atom. The van der Waals surface area contributed by atoms with E-state index in [1.165, 1.54) is 49.7 Å². The molecule has 0 heteroatoms. The molecule has 0 amide bonds. The molecule has 0 nitrogen and oxygen atoms in total. The zero-order chi connectivity index (χ0) is 22.8. The van der Waals surface area contributed by atoms with E-state index < -0.39 is 0 Å². The summed E-state index contributed by atoms with van der Waals surface area (Å²) in [7, 11) is 0. The first-order valence-electron chi connectivity index (χ1n) is 11.9. The van der Waals surface area contributed by atoms with Crippen LogP contribution in [0.2, 0.25) is 0 Å². The molecule has 1 aliphatic rings. The Labute approximate surface area is 197 Å². The lowest BCUT2D eigenvalue weighted by Crippen LogP contribution is -2.28. The standard InChI is InChI=1S/C33H30/c1-4-6-7-8-13-20-33(30-17-12-11-14-25(30)5-2)31-19-18-24(3)21-28(31)29-22-26-15-9-10-16-27(26)23-32(29)33/h4,6-19,21-23H,1,5,20H2,2-3H3/b7-6-,13-8-. The van der Waals surface area contributed by atoms with Gasteiger partial charge >= 0.3 is 0 Å². The lowest BCUT2D eigenvalue weighted by Gasteiger charge is -2.34. The molecule has 0 heterocycles. The predicted octanol–water partition coefficient (Wildman–Crippen LogP) is 8.71. The highest BCUT2D eigenvalue weighted by Gasteiger charge is 2.44. The van der Waals surface area contributed by atoms with E-state index in [-0.39, 0.29) is 5.41 Å². The van der Waals surface area contributed by atoms with Gasteiger partial charge in [-0.1, -0.05) is 116 Å². The maximum Gasteiger partial charge on any atom is 0.0500 e. The molecule has 0 saturated heterocycles. The van der Waals surface area contributed by atoms with E-state index in [0.717, 1.165) is 12.8 Å². The maximum absolute atomic E-state index is 3.80. The Balaban J connectivity index is 1.87. The van der Waals surface area contributed by atoms with Crippen molar-refractivity contribution in [2.45, 2.75) is 32.1 Å². The smallest absolute Gasteiger partial charge is 0.0500 e. The molecule has 4 aromatic carbocycles. The monoisotopic (exact) mass is 426 g/mol. The molecule has 0 aliphatic heterocycles. The van der Waals surface area contributed by atoms with Gasteiger partial charge < -0.3 is 0 Å². The van der Waals surface area contributed by atoms with Gasteiger partial charge in [0.25, 0.3) is 0 Å². The van der Waals surface area contributed by atoms with Crippen molar-refractivity contribution < 1.29 is 0 Å². The van der Waals surface area contributed by atoms with Crippen molar-refractivity contribution in [3.8, 4) is 11.1 Å². The maximum atomic E-state index is 3.80. The van der Waals surface area contributed by atoms with Gasteiger partial charge in [-0.25, -0.2) is 0 Å². The van der Waals surface area contributed by atoms with Gasteiger partial charge in [-0.15, -0.1) is 0 Å². The van der Waals surface area contributed by atoms with E-state index in [4.69, 9.17) is 0 Å². The number of hydrogen-bond donors (Lipinski definition) is 0. The van der Waals surface area contributed by atoms with Gasteiger partial charge in [0.1, 0.15) is 0 Å². The summed E-state index contributed by atoms with van der Waals surface area (Å²) >= 11 is 0. The highest BCUT2D eigenvalue weighted by Crippen LogP contribution is 2.56.